The zero-order chi connectivity index (χ0) is 14.9. The van der Waals surface area contributed by atoms with Crippen molar-refractivity contribution in [3.63, 3.8) is 0 Å². The molecule has 2 nitrogen and oxygen atoms in total. The number of hydrogen-bond acceptors (Lipinski definition) is 2. The number of aryl methyl sites for hydroxylation is 1. The lowest BCUT2D eigenvalue weighted by molar-refractivity contribution is -0.138. The lowest BCUT2D eigenvalue weighted by atomic mass is 9.95. The number of nitrogens with zero attached hydrogens (tertiary/aromatic N) is 1. The van der Waals surface area contributed by atoms with Crippen LogP contribution in [-0.4, -0.2) is 4.98 Å². The second-order valence-electron chi connectivity index (χ2n) is 4.46. The van der Waals surface area contributed by atoms with Gasteiger partial charge in [0.15, 0.2) is 0 Å². The summed E-state index contributed by atoms with van der Waals surface area (Å²) >= 11 is 0. The largest absolute Gasteiger partial charge is 0.416 e. The lowest BCUT2D eigenvalue weighted by Crippen LogP contribution is -2.20. The first kappa shape index (κ1) is 14.5. The van der Waals surface area contributed by atoms with Crippen molar-refractivity contribution in [2.24, 2.45) is 5.73 Å². The van der Waals surface area contributed by atoms with Crippen molar-refractivity contribution in [2.45, 2.75) is 19.1 Å². The standard InChI is InChI=1S/C14H12F4N2/c1-8-2-3-12(15)9(6-8)13(19)10-7-20-5-4-11(10)14(16,17)18/h2-7,13H,19H2,1H3. The van der Waals surface area contributed by atoms with Crippen LogP contribution in [0.15, 0.2) is 36.7 Å². The number of benzene rings is 1. The fourth-order valence-electron chi connectivity index (χ4n) is 1.98. The maximum Gasteiger partial charge on any atom is 0.416 e. The maximum atomic E-state index is 13.8. The summed E-state index contributed by atoms with van der Waals surface area (Å²) in [6, 6.07) is 3.77. The highest BCUT2D eigenvalue weighted by molar-refractivity contribution is 5.38. The quantitative estimate of drug-likeness (QED) is 0.856. The molecule has 0 radical (unpaired) electrons. The van der Waals surface area contributed by atoms with Crippen molar-refractivity contribution in [1.29, 1.82) is 0 Å². The van der Waals surface area contributed by atoms with Crippen LogP contribution in [0, 0.1) is 12.7 Å². The molecule has 0 saturated heterocycles. The topological polar surface area (TPSA) is 38.9 Å². The Morgan fingerprint density at radius 2 is 1.85 bits per heavy atom. The number of halogens is 4. The first-order valence-corrected chi connectivity index (χ1v) is 5.83. The van der Waals surface area contributed by atoms with E-state index in [1.165, 1.54) is 18.2 Å². The molecule has 0 fully saturated rings. The van der Waals surface area contributed by atoms with Gasteiger partial charge in [0.2, 0.25) is 0 Å². The molecule has 1 aromatic heterocycles. The molecule has 0 amide bonds. The summed E-state index contributed by atoms with van der Waals surface area (Å²) in [5.41, 5.74) is 5.39. The number of rotatable bonds is 2. The van der Waals surface area contributed by atoms with Crippen molar-refractivity contribution in [2.75, 3.05) is 0 Å². The SMILES string of the molecule is Cc1ccc(F)c(C(N)c2cnccc2C(F)(F)F)c1. The van der Waals surface area contributed by atoms with E-state index in [0.717, 1.165) is 18.5 Å². The van der Waals surface area contributed by atoms with Crippen molar-refractivity contribution in [3.8, 4) is 0 Å². The fourth-order valence-corrected chi connectivity index (χ4v) is 1.98. The molecule has 1 aromatic carbocycles. The van der Waals surface area contributed by atoms with Crippen LogP contribution < -0.4 is 5.73 Å². The molecule has 2 rings (SSSR count). The number of alkyl halides is 3. The Morgan fingerprint density at radius 1 is 1.15 bits per heavy atom. The van der Waals surface area contributed by atoms with Crippen LogP contribution in [0.5, 0.6) is 0 Å². The summed E-state index contributed by atoms with van der Waals surface area (Å²) in [6.07, 6.45) is -2.50. The van der Waals surface area contributed by atoms with Crippen molar-refractivity contribution < 1.29 is 17.6 Å². The molecule has 0 bridgehead atoms. The van der Waals surface area contributed by atoms with E-state index in [9.17, 15) is 17.6 Å². The Balaban J connectivity index is 2.54. The van der Waals surface area contributed by atoms with Gasteiger partial charge in [-0.15, -0.1) is 0 Å². The van der Waals surface area contributed by atoms with E-state index in [0.29, 0.717) is 5.56 Å². The van der Waals surface area contributed by atoms with Crippen LogP contribution in [0.1, 0.15) is 28.3 Å². The molecule has 0 saturated carbocycles. The van der Waals surface area contributed by atoms with Crippen LogP contribution >= 0.6 is 0 Å². The van der Waals surface area contributed by atoms with Gasteiger partial charge < -0.3 is 5.73 Å². The predicted octanol–water partition coefficient (Wildman–Crippen LogP) is 3.60. The first-order chi connectivity index (χ1) is 9.30. The minimum atomic E-state index is -4.56. The maximum absolute atomic E-state index is 13.8. The molecule has 1 unspecified atom stereocenters. The van der Waals surface area contributed by atoms with Gasteiger partial charge in [-0.3, -0.25) is 4.98 Å². The van der Waals surface area contributed by atoms with Crippen LogP contribution in [0.2, 0.25) is 0 Å². The molecule has 0 aliphatic heterocycles. The number of nitrogens with two attached hydrogens (primary N) is 1. The Morgan fingerprint density at radius 3 is 2.50 bits per heavy atom. The van der Waals surface area contributed by atoms with Crippen molar-refractivity contribution in [3.05, 3.63) is 64.7 Å². The highest BCUT2D eigenvalue weighted by Crippen LogP contribution is 2.35. The van der Waals surface area contributed by atoms with Crippen molar-refractivity contribution >= 4 is 0 Å². The Kier molecular flexibility index (Phi) is 3.76. The molecule has 6 heteroatoms. The molecule has 106 valence electrons. The Hall–Kier alpha value is -1.95. The van der Waals surface area contributed by atoms with Crippen molar-refractivity contribution in [1.82, 2.24) is 4.98 Å². The molecule has 2 N–H and O–H groups in total. The van der Waals surface area contributed by atoms with E-state index < -0.39 is 23.6 Å². The van der Waals surface area contributed by atoms with Gasteiger partial charge in [0.25, 0.3) is 0 Å². The predicted molar refractivity (Wildman–Crippen MR) is 66.4 cm³/mol. The minimum absolute atomic E-state index is 0.0171. The van der Waals surface area contributed by atoms with Gasteiger partial charge in [-0.1, -0.05) is 17.7 Å². The minimum Gasteiger partial charge on any atom is -0.320 e. The molecule has 0 aliphatic carbocycles. The van der Waals surface area contributed by atoms with Crippen LogP contribution in [0.4, 0.5) is 17.6 Å². The van der Waals surface area contributed by atoms with E-state index in [1.807, 2.05) is 0 Å². The third kappa shape index (κ3) is 2.80. The first-order valence-electron chi connectivity index (χ1n) is 5.83. The zero-order valence-corrected chi connectivity index (χ0v) is 10.6. The number of hydrogen-bond donors (Lipinski definition) is 1. The molecule has 1 heterocycles. The average Bonchev–Trinajstić information content (AvgIpc) is 2.40. The second-order valence-corrected chi connectivity index (χ2v) is 4.46. The molecular weight excluding hydrogens is 272 g/mol. The third-order valence-electron chi connectivity index (χ3n) is 2.98. The van der Waals surface area contributed by atoms with Crippen LogP contribution in [0.3, 0.4) is 0 Å². The van der Waals surface area contributed by atoms with E-state index >= 15 is 0 Å². The molecule has 0 aliphatic rings. The highest BCUT2D eigenvalue weighted by Gasteiger charge is 2.35. The highest BCUT2D eigenvalue weighted by atomic mass is 19.4. The molecule has 1 atom stereocenters. The summed E-state index contributed by atoms with van der Waals surface area (Å²) in [4.78, 5) is 3.66. The van der Waals surface area contributed by atoms with Gasteiger partial charge in [-0.2, -0.15) is 13.2 Å². The molecule has 2 aromatic rings. The van der Waals surface area contributed by atoms with Crippen LogP contribution in [-0.2, 0) is 6.18 Å². The monoisotopic (exact) mass is 284 g/mol. The smallest absolute Gasteiger partial charge is 0.320 e. The summed E-state index contributed by atoms with van der Waals surface area (Å²) < 4.78 is 52.5. The van der Waals surface area contributed by atoms with E-state index in [1.54, 1.807) is 6.92 Å². The van der Waals surface area contributed by atoms with Gasteiger partial charge >= 0.3 is 6.18 Å². The van der Waals surface area contributed by atoms with E-state index in [2.05, 4.69) is 4.98 Å². The summed E-state index contributed by atoms with van der Waals surface area (Å²) in [6.45, 7) is 1.71. The number of aromatic nitrogens is 1. The van der Waals surface area contributed by atoms with E-state index in [-0.39, 0.29) is 11.1 Å². The van der Waals surface area contributed by atoms with E-state index in [4.69, 9.17) is 5.73 Å². The molecule has 20 heavy (non-hydrogen) atoms. The van der Waals surface area contributed by atoms with Gasteiger partial charge in [-0.25, -0.2) is 4.39 Å². The van der Waals surface area contributed by atoms with Crippen LogP contribution in [0.25, 0.3) is 0 Å². The lowest BCUT2D eigenvalue weighted by Gasteiger charge is -2.18. The Bertz CT molecular complexity index is 623. The van der Waals surface area contributed by atoms with Gasteiger partial charge in [-0.05, 0) is 19.1 Å². The summed E-state index contributed by atoms with van der Waals surface area (Å²) in [7, 11) is 0. The van der Waals surface area contributed by atoms with Gasteiger partial charge in [0.1, 0.15) is 5.82 Å². The summed E-state index contributed by atoms with van der Waals surface area (Å²) in [5.74, 6) is -0.639. The summed E-state index contributed by atoms with van der Waals surface area (Å²) in [5, 5.41) is 0. The van der Waals surface area contributed by atoms with Gasteiger partial charge in [0.05, 0.1) is 11.6 Å². The Labute approximate surface area is 113 Å². The average molecular weight is 284 g/mol. The normalized spacial score (nSPS) is 13.3. The zero-order valence-electron chi connectivity index (χ0n) is 10.6. The fraction of sp³-hybridized carbons (Fsp3) is 0.214. The molecular formula is C14H12F4N2. The molecule has 0 spiro atoms. The third-order valence-corrected chi connectivity index (χ3v) is 2.98. The van der Waals surface area contributed by atoms with Gasteiger partial charge in [0, 0.05) is 23.5 Å². The number of pyridine rings is 1. The second kappa shape index (κ2) is 5.20.